The first kappa shape index (κ1) is 16.4. The molecule has 7 nitrogen and oxygen atoms in total. The summed E-state index contributed by atoms with van der Waals surface area (Å²) in [6, 6.07) is 16.9. The molecule has 3 unspecified atom stereocenters. The second-order valence-corrected chi connectivity index (χ2v) is 6.51. The maximum Gasteiger partial charge on any atom is 0.353 e. The van der Waals surface area contributed by atoms with Gasteiger partial charge < -0.3 is 5.73 Å². The van der Waals surface area contributed by atoms with Crippen LogP contribution in [-0.2, 0) is 0 Å². The molecule has 4 rings (SSSR count). The molecule has 26 heavy (non-hydrogen) atoms. The fourth-order valence-electron chi connectivity index (χ4n) is 3.47. The van der Waals surface area contributed by atoms with Crippen LogP contribution in [0.5, 0.6) is 0 Å². The molecule has 0 saturated carbocycles. The number of fused-ring (bicyclic) bond motifs is 1. The van der Waals surface area contributed by atoms with Gasteiger partial charge in [-0.15, -0.1) is 0 Å². The lowest BCUT2D eigenvalue weighted by Crippen LogP contribution is -2.34. The number of nitriles is 1. The van der Waals surface area contributed by atoms with E-state index in [-0.39, 0.29) is 0 Å². The lowest BCUT2D eigenvalue weighted by molar-refractivity contribution is 0.436. The van der Waals surface area contributed by atoms with Gasteiger partial charge in [-0.05, 0) is 29.8 Å². The van der Waals surface area contributed by atoms with Crippen molar-refractivity contribution in [1.29, 1.82) is 5.26 Å². The van der Waals surface area contributed by atoms with Gasteiger partial charge in [0.2, 0.25) is 0 Å². The van der Waals surface area contributed by atoms with Crippen LogP contribution in [0.15, 0.2) is 64.2 Å². The molecule has 0 bridgehead atoms. The highest BCUT2D eigenvalue weighted by molar-refractivity contribution is 6.30. The van der Waals surface area contributed by atoms with Gasteiger partial charge in [-0.1, -0.05) is 41.9 Å². The van der Waals surface area contributed by atoms with E-state index in [9.17, 15) is 14.9 Å². The van der Waals surface area contributed by atoms with E-state index in [1.165, 1.54) is 4.68 Å². The highest BCUT2D eigenvalue weighted by Crippen LogP contribution is 2.36. The van der Waals surface area contributed by atoms with Gasteiger partial charge in [0.05, 0.1) is 17.8 Å². The second kappa shape index (κ2) is 6.02. The molecule has 1 aliphatic rings. The summed E-state index contributed by atoms with van der Waals surface area (Å²) in [7, 11) is 0. The predicted octanol–water partition coefficient (Wildman–Crippen LogP) is 1.65. The Hall–Kier alpha value is -3.08. The van der Waals surface area contributed by atoms with Crippen LogP contribution in [-0.4, -0.2) is 13.9 Å². The number of aromatic nitrogens is 3. The maximum atomic E-state index is 13.1. The van der Waals surface area contributed by atoms with E-state index >= 15 is 0 Å². The van der Waals surface area contributed by atoms with E-state index in [0.717, 1.165) is 9.25 Å². The third-order valence-electron chi connectivity index (χ3n) is 4.61. The molecule has 1 aliphatic heterocycles. The Morgan fingerprint density at radius 1 is 1.00 bits per heavy atom. The fourth-order valence-corrected chi connectivity index (χ4v) is 3.67. The first-order chi connectivity index (χ1) is 12.5. The summed E-state index contributed by atoms with van der Waals surface area (Å²) in [5, 5.41) is 10.1. The van der Waals surface area contributed by atoms with Gasteiger partial charge in [0, 0.05) is 5.02 Å². The predicted molar refractivity (Wildman–Crippen MR) is 96.2 cm³/mol. The molecule has 0 amide bonds. The van der Waals surface area contributed by atoms with Crippen molar-refractivity contribution in [3.63, 3.8) is 0 Å². The first-order valence-corrected chi connectivity index (χ1v) is 8.34. The van der Waals surface area contributed by atoms with Crippen LogP contribution in [0.2, 0.25) is 5.02 Å². The Kier molecular flexibility index (Phi) is 3.80. The molecule has 8 heteroatoms. The van der Waals surface area contributed by atoms with Crippen LogP contribution in [0.1, 0.15) is 17.8 Å². The van der Waals surface area contributed by atoms with Crippen LogP contribution in [0.4, 0.5) is 0 Å². The van der Waals surface area contributed by atoms with Gasteiger partial charge in [0.1, 0.15) is 12.1 Å². The molecule has 0 spiro atoms. The Balaban J connectivity index is 2.01. The van der Waals surface area contributed by atoms with E-state index < -0.39 is 29.5 Å². The smallest absolute Gasteiger partial charge is 0.308 e. The van der Waals surface area contributed by atoms with Crippen molar-refractivity contribution in [3.8, 4) is 11.8 Å². The number of hydrogen-bond acceptors (Lipinski definition) is 4. The monoisotopic (exact) mass is 367 g/mol. The maximum absolute atomic E-state index is 13.1. The van der Waals surface area contributed by atoms with Crippen LogP contribution < -0.4 is 17.1 Å². The molecule has 2 heterocycles. The van der Waals surface area contributed by atoms with Crippen LogP contribution in [0.3, 0.4) is 0 Å². The number of para-hydroxylation sites is 1. The number of nitrogens with two attached hydrogens (primary N) is 1. The van der Waals surface area contributed by atoms with Gasteiger partial charge in [-0.2, -0.15) is 5.26 Å². The lowest BCUT2D eigenvalue weighted by Gasteiger charge is -2.16. The topological polar surface area (TPSA) is 98.7 Å². The minimum absolute atomic E-state index is 0.447. The van der Waals surface area contributed by atoms with Gasteiger partial charge in [-0.25, -0.2) is 23.5 Å². The minimum atomic E-state index is -0.936. The van der Waals surface area contributed by atoms with Crippen molar-refractivity contribution in [2.75, 3.05) is 0 Å². The summed E-state index contributed by atoms with van der Waals surface area (Å²) in [5.74, 6) is -0.765. The van der Waals surface area contributed by atoms with Gasteiger partial charge in [-0.3, -0.25) is 0 Å². The molecule has 0 aliphatic carbocycles. The summed E-state index contributed by atoms with van der Waals surface area (Å²) in [5.41, 5.74) is 6.15. The van der Waals surface area contributed by atoms with E-state index in [2.05, 4.69) is 6.07 Å². The van der Waals surface area contributed by atoms with Crippen molar-refractivity contribution in [2.24, 2.45) is 11.7 Å². The number of hydrogen-bond donors (Lipinski definition) is 1. The quantitative estimate of drug-likeness (QED) is 0.744. The summed E-state index contributed by atoms with van der Waals surface area (Å²) in [6.45, 7) is 0. The van der Waals surface area contributed by atoms with E-state index in [4.69, 9.17) is 17.3 Å². The molecular formula is C18H14ClN5O2. The van der Waals surface area contributed by atoms with Gasteiger partial charge in [0.25, 0.3) is 0 Å². The van der Waals surface area contributed by atoms with Crippen molar-refractivity contribution in [2.45, 2.75) is 12.2 Å². The molecule has 0 saturated heterocycles. The minimum Gasteiger partial charge on any atom is -0.308 e. The molecule has 3 atom stereocenters. The standard InChI is InChI=1S/C18H14ClN5O2/c19-12-6-4-5-11(9-12)15-14(10-20)16(21)24-18(26)22(17(25)23(15)24)13-7-2-1-3-8-13/h1-9,14-16H,21H2. The van der Waals surface area contributed by atoms with E-state index in [1.807, 2.05) is 0 Å². The summed E-state index contributed by atoms with van der Waals surface area (Å²) < 4.78 is 3.49. The molecule has 2 aromatic carbocycles. The second-order valence-electron chi connectivity index (χ2n) is 6.07. The van der Waals surface area contributed by atoms with Crippen LogP contribution in [0.25, 0.3) is 5.69 Å². The largest absolute Gasteiger partial charge is 0.353 e. The zero-order valence-electron chi connectivity index (χ0n) is 13.5. The molecule has 0 fully saturated rings. The van der Waals surface area contributed by atoms with Crippen LogP contribution in [0, 0.1) is 17.2 Å². The Morgan fingerprint density at radius 3 is 2.35 bits per heavy atom. The zero-order valence-corrected chi connectivity index (χ0v) is 14.2. The van der Waals surface area contributed by atoms with Gasteiger partial charge in [0.15, 0.2) is 0 Å². The third kappa shape index (κ3) is 2.24. The van der Waals surface area contributed by atoms with Crippen molar-refractivity contribution in [3.05, 3.63) is 86.2 Å². The molecule has 130 valence electrons. The zero-order chi connectivity index (χ0) is 18.4. The normalized spacial score (nSPS) is 21.3. The Bertz CT molecular complexity index is 1140. The first-order valence-electron chi connectivity index (χ1n) is 7.96. The van der Waals surface area contributed by atoms with Crippen molar-refractivity contribution in [1.82, 2.24) is 13.9 Å². The Labute approximate surface area is 153 Å². The highest BCUT2D eigenvalue weighted by Gasteiger charge is 2.44. The molecule has 1 aromatic heterocycles. The fraction of sp³-hybridized carbons (Fsp3) is 0.167. The average molecular weight is 368 g/mol. The van der Waals surface area contributed by atoms with Crippen molar-refractivity contribution >= 4 is 11.6 Å². The van der Waals surface area contributed by atoms with Crippen molar-refractivity contribution < 1.29 is 0 Å². The van der Waals surface area contributed by atoms with Gasteiger partial charge >= 0.3 is 11.4 Å². The third-order valence-corrected chi connectivity index (χ3v) is 4.85. The summed E-state index contributed by atoms with van der Waals surface area (Å²) in [4.78, 5) is 26.0. The number of halogens is 1. The summed E-state index contributed by atoms with van der Waals surface area (Å²) >= 11 is 6.07. The Morgan fingerprint density at radius 2 is 1.69 bits per heavy atom. The molecule has 0 radical (unpaired) electrons. The summed E-state index contributed by atoms with van der Waals surface area (Å²) in [6.07, 6.45) is -0.936. The molecular weight excluding hydrogens is 354 g/mol. The van der Waals surface area contributed by atoms with E-state index in [0.29, 0.717) is 16.3 Å². The lowest BCUT2D eigenvalue weighted by atomic mass is 9.93. The highest BCUT2D eigenvalue weighted by atomic mass is 35.5. The average Bonchev–Trinajstić information content (AvgIpc) is 3.08. The number of rotatable bonds is 2. The number of benzene rings is 2. The van der Waals surface area contributed by atoms with Crippen LogP contribution >= 0.6 is 11.6 Å². The molecule has 3 aromatic rings. The molecule has 2 N–H and O–H groups in total. The number of nitrogens with zero attached hydrogens (tertiary/aromatic N) is 4. The SMILES string of the molecule is N#CC1C(N)n2c(=O)n(-c3ccccc3)c(=O)n2C1c1cccc(Cl)c1. The van der Waals surface area contributed by atoms with E-state index in [1.54, 1.807) is 54.6 Å².